The van der Waals surface area contributed by atoms with E-state index in [0.717, 1.165) is 24.9 Å². The van der Waals surface area contributed by atoms with E-state index in [4.69, 9.17) is 0 Å². The Labute approximate surface area is 131 Å². The third kappa shape index (κ3) is 3.95. The third-order valence-corrected chi connectivity index (χ3v) is 5.46. The van der Waals surface area contributed by atoms with E-state index in [1.54, 1.807) is 11.3 Å². The van der Waals surface area contributed by atoms with Crippen LogP contribution in [0, 0.1) is 11.8 Å². The van der Waals surface area contributed by atoms with Crippen molar-refractivity contribution < 1.29 is 0 Å². The summed E-state index contributed by atoms with van der Waals surface area (Å²) in [6.45, 7) is 4.43. The normalized spacial score (nSPS) is 22.5. The van der Waals surface area contributed by atoms with Gasteiger partial charge in [-0.25, -0.2) is 0 Å². The van der Waals surface area contributed by atoms with Gasteiger partial charge in [0.1, 0.15) is 0 Å². The predicted molar refractivity (Wildman–Crippen MR) is 89.3 cm³/mol. The fourth-order valence-corrected chi connectivity index (χ4v) is 4.19. The van der Waals surface area contributed by atoms with Crippen LogP contribution in [0.5, 0.6) is 0 Å². The van der Waals surface area contributed by atoms with Gasteiger partial charge in [-0.15, -0.1) is 11.3 Å². The molecule has 4 heteroatoms. The summed E-state index contributed by atoms with van der Waals surface area (Å²) in [5.41, 5.74) is 2.44. The maximum atomic E-state index is 4.20. The van der Waals surface area contributed by atoms with Crippen molar-refractivity contribution >= 4 is 11.3 Å². The summed E-state index contributed by atoms with van der Waals surface area (Å²) in [4.78, 5) is 1.27. The summed E-state index contributed by atoms with van der Waals surface area (Å²) in [6.07, 6.45) is 8.98. The highest BCUT2D eigenvalue weighted by molar-refractivity contribution is 7.13. The van der Waals surface area contributed by atoms with Crippen molar-refractivity contribution in [3.63, 3.8) is 0 Å². The van der Waals surface area contributed by atoms with Crippen molar-refractivity contribution in [1.29, 1.82) is 0 Å². The number of H-pyrrole nitrogens is 1. The summed E-state index contributed by atoms with van der Waals surface area (Å²) in [5, 5.41) is 13.0. The topological polar surface area (TPSA) is 40.7 Å². The summed E-state index contributed by atoms with van der Waals surface area (Å²) in [6, 6.07) is 4.23. The Morgan fingerprint density at radius 2 is 2.38 bits per heavy atom. The van der Waals surface area contributed by atoms with Crippen LogP contribution in [-0.2, 0) is 6.54 Å². The molecule has 2 unspecified atom stereocenters. The van der Waals surface area contributed by atoms with Gasteiger partial charge in [0.05, 0.1) is 16.8 Å². The van der Waals surface area contributed by atoms with Crippen LogP contribution >= 0.6 is 11.3 Å². The van der Waals surface area contributed by atoms with Crippen molar-refractivity contribution in [1.82, 2.24) is 15.5 Å². The maximum absolute atomic E-state index is 4.20. The second-order valence-corrected chi connectivity index (χ2v) is 7.30. The van der Waals surface area contributed by atoms with Crippen molar-refractivity contribution in [2.75, 3.05) is 6.54 Å². The first kappa shape index (κ1) is 14.8. The lowest BCUT2D eigenvalue weighted by Crippen LogP contribution is -2.21. The molecule has 21 heavy (non-hydrogen) atoms. The number of hydrogen-bond donors (Lipinski definition) is 2. The van der Waals surface area contributed by atoms with Gasteiger partial charge in [-0.3, -0.25) is 5.10 Å². The van der Waals surface area contributed by atoms with E-state index < -0.39 is 0 Å². The number of nitrogens with one attached hydrogen (secondary N) is 2. The van der Waals surface area contributed by atoms with Crippen LogP contribution in [0.4, 0.5) is 0 Å². The zero-order chi connectivity index (χ0) is 14.5. The number of aromatic nitrogens is 2. The van der Waals surface area contributed by atoms with Gasteiger partial charge >= 0.3 is 0 Å². The second-order valence-electron chi connectivity index (χ2n) is 6.35. The lowest BCUT2D eigenvalue weighted by Gasteiger charge is -2.26. The van der Waals surface area contributed by atoms with Gasteiger partial charge in [0, 0.05) is 12.1 Å². The molecule has 2 aromatic heterocycles. The van der Waals surface area contributed by atoms with E-state index in [1.165, 1.54) is 48.2 Å². The number of rotatable bonds is 6. The highest BCUT2D eigenvalue weighted by Gasteiger charge is 2.18. The summed E-state index contributed by atoms with van der Waals surface area (Å²) in [7, 11) is 0. The standard InChI is InChI=1S/C17H25N3S/c1-13-4-2-5-14(10-13)7-8-18-11-15-12-19-20-17(15)16-6-3-9-21-16/h3,6,9,12-14,18H,2,4-5,7-8,10-11H2,1H3,(H,19,20). The predicted octanol–water partition coefficient (Wildman–Crippen LogP) is 4.44. The molecular weight excluding hydrogens is 278 g/mol. The molecule has 3 nitrogen and oxygen atoms in total. The number of aromatic amines is 1. The molecular formula is C17H25N3S. The Bertz CT molecular complexity index is 532. The van der Waals surface area contributed by atoms with Crippen LogP contribution < -0.4 is 5.32 Å². The van der Waals surface area contributed by atoms with Crippen LogP contribution in [0.1, 0.15) is 44.6 Å². The van der Waals surface area contributed by atoms with Crippen LogP contribution in [0.3, 0.4) is 0 Å². The van der Waals surface area contributed by atoms with Gasteiger partial charge in [-0.05, 0) is 42.7 Å². The highest BCUT2D eigenvalue weighted by Crippen LogP contribution is 2.30. The summed E-state index contributed by atoms with van der Waals surface area (Å²) in [5.74, 6) is 1.87. The van der Waals surface area contributed by atoms with Crippen molar-refractivity contribution in [3.05, 3.63) is 29.3 Å². The van der Waals surface area contributed by atoms with Crippen molar-refractivity contribution in [2.24, 2.45) is 11.8 Å². The summed E-state index contributed by atoms with van der Waals surface area (Å²) >= 11 is 1.76. The van der Waals surface area contributed by atoms with E-state index in [2.05, 4.69) is 40.0 Å². The first-order valence-electron chi connectivity index (χ1n) is 8.09. The quantitative estimate of drug-likeness (QED) is 0.774. The molecule has 0 radical (unpaired) electrons. The van der Waals surface area contributed by atoms with E-state index in [1.807, 2.05) is 6.20 Å². The Morgan fingerprint density at radius 3 is 3.19 bits per heavy atom. The molecule has 2 atom stereocenters. The number of nitrogens with zero attached hydrogens (tertiary/aromatic N) is 1. The van der Waals surface area contributed by atoms with Gasteiger partial charge in [-0.1, -0.05) is 32.3 Å². The molecule has 114 valence electrons. The second kappa shape index (κ2) is 7.23. The Balaban J connectivity index is 1.45. The SMILES string of the molecule is CC1CCCC(CCNCc2cn[nH]c2-c2cccs2)C1. The molecule has 1 aliphatic carbocycles. The molecule has 0 aliphatic heterocycles. The largest absolute Gasteiger partial charge is 0.313 e. The molecule has 1 aliphatic rings. The minimum atomic E-state index is 0.909. The third-order valence-electron chi connectivity index (χ3n) is 4.58. The van der Waals surface area contributed by atoms with Gasteiger partial charge < -0.3 is 5.32 Å². The average molecular weight is 303 g/mol. The van der Waals surface area contributed by atoms with Gasteiger partial charge in [0.25, 0.3) is 0 Å². The van der Waals surface area contributed by atoms with Gasteiger partial charge in [0.2, 0.25) is 0 Å². The van der Waals surface area contributed by atoms with Crippen LogP contribution in [-0.4, -0.2) is 16.7 Å². The zero-order valence-electron chi connectivity index (χ0n) is 12.8. The first-order chi connectivity index (χ1) is 10.3. The van der Waals surface area contributed by atoms with E-state index >= 15 is 0 Å². The molecule has 2 aromatic rings. The van der Waals surface area contributed by atoms with Crippen LogP contribution in [0.15, 0.2) is 23.7 Å². The molecule has 0 saturated heterocycles. The van der Waals surface area contributed by atoms with Gasteiger partial charge in [-0.2, -0.15) is 5.10 Å². The van der Waals surface area contributed by atoms with E-state index in [0.29, 0.717) is 0 Å². The van der Waals surface area contributed by atoms with Crippen molar-refractivity contribution in [3.8, 4) is 10.6 Å². The molecule has 1 fully saturated rings. The summed E-state index contributed by atoms with van der Waals surface area (Å²) < 4.78 is 0. The number of thiophene rings is 1. The first-order valence-corrected chi connectivity index (χ1v) is 8.97. The monoisotopic (exact) mass is 303 g/mol. The fraction of sp³-hybridized carbons (Fsp3) is 0.588. The minimum absolute atomic E-state index is 0.909. The van der Waals surface area contributed by atoms with Crippen molar-refractivity contribution in [2.45, 2.75) is 45.6 Å². The maximum Gasteiger partial charge on any atom is 0.0794 e. The molecule has 0 bridgehead atoms. The molecule has 0 spiro atoms. The molecule has 0 aromatic carbocycles. The zero-order valence-corrected chi connectivity index (χ0v) is 13.6. The Morgan fingerprint density at radius 1 is 1.43 bits per heavy atom. The highest BCUT2D eigenvalue weighted by atomic mass is 32.1. The van der Waals surface area contributed by atoms with Gasteiger partial charge in [0.15, 0.2) is 0 Å². The van der Waals surface area contributed by atoms with Crippen LogP contribution in [0.25, 0.3) is 10.6 Å². The fourth-order valence-electron chi connectivity index (χ4n) is 3.43. The molecule has 2 heterocycles. The molecule has 0 amide bonds. The Kier molecular flexibility index (Phi) is 5.09. The molecule has 3 rings (SSSR count). The number of hydrogen-bond acceptors (Lipinski definition) is 3. The average Bonchev–Trinajstić information content (AvgIpc) is 3.14. The lowest BCUT2D eigenvalue weighted by molar-refractivity contribution is 0.267. The van der Waals surface area contributed by atoms with E-state index in [9.17, 15) is 0 Å². The smallest absolute Gasteiger partial charge is 0.0794 e. The van der Waals surface area contributed by atoms with E-state index in [-0.39, 0.29) is 0 Å². The van der Waals surface area contributed by atoms with Crippen LogP contribution in [0.2, 0.25) is 0 Å². The molecule has 1 saturated carbocycles. The molecule has 2 N–H and O–H groups in total. The minimum Gasteiger partial charge on any atom is -0.313 e. The lowest BCUT2D eigenvalue weighted by atomic mass is 9.81. The Hall–Kier alpha value is -1.13.